The third-order valence-electron chi connectivity index (χ3n) is 5.18. The molecule has 0 saturated heterocycles. The van der Waals surface area contributed by atoms with Crippen molar-refractivity contribution in [2.45, 2.75) is 38.5 Å². The summed E-state index contributed by atoms with van der Waals surface area (Å²) in [5.41, 5.74) is 4.13. The van der Waals surface area contributed by atoms with Gasteiger partial charge in [0.1, 0.15) is 4.38 Å². The Bertz CT molecular complexity index is 976. The molecule has 1 fully saturated rings. The molecule has 1 saturated carbocycles. The first kappa shape index (κ1) is 20.3. The van der Waals surface area contributed by atoms with Crippen molar-refractivity contribution >= 4 is 39.7 Å². The van der Waals surface area contributed by atoms with Crippen molar-refractivity contribution in [3.05, 3.63) is 58.4 Å². The van der Waals surface area contributed by atoms with E-state index in [1.54, 1.807) is 29.6 Å². The number of Topliss-reactive ketones (excluding diaryl/α,β-unsaturated/α-hetero) is 1. The topological polar surface area (TPSA) is 60.7 Å². The van der Waals surface area contributed by atoms with Crippen LogP contribution in [0.4, 0.5) is 0 Å². The van der Waals surface area contributed by atoms with Gasteiger partial charge in [0, 0.05) is 34.5 Å². The second-order valence-corrected chi connectivity index (χ2v) is 9.63. The monoisotopic (exact) mass is 428 g/mol. The van der Waals surface area contributed by atoms with Crippen LogP contribution < -0.4 is 0 Å². The molecular formula is C22H24N2O3S2. The number of ether oxygens (including phenoxy) is 1. The van der Waals surface area contributed by atoms with Crippen LogP contribution in [0.15, 0.2) is 35.3 Å². The molecule has 1 aromatic carbocycles. The number of aliphatic imine (C=N–C) groups is 1. The summed E-state index contributed by atoms with van der Waals surface area (Å²) in [6.45, 7) is 4.61. The number of aryl methyl sites for hydroxylation is 1. The largest absolute Gasteiger partial charge is 0.454 e. The number of aromatic nitrogens is 1. The maximum absolute atomic E-state index is 12.7. The Hall–Kier alpha value is -1.99. The van der Waals surface area contributed by atoms with Crippen molar-refractivity contribution in [3.8, 4) is 0 Å². The lowest BCUT2D eigenvalue weighted by Crippen LogP contribution is -2.16. The van der Waals surface area contributed by atoms with Gasteiger partial charge < -0.3 is 9.30 Å². The van der Waals surface area contributed by atoms with Gasteiger partial charge in [-0.1, -0.05) is 41.7 Å². The molecule has 4 rings (SSSR count). The van der Waals surface area contributed by atoms with Crippen LogP contribution in [0.5, 0.6) is 0 Å². The Morgan fingerprint density at radius 3 is 2.76 bits per heavy atom. The van der Waals surface area contributed by atoms with E-state index in [0.29, 0.717) is 22.9 Å². The standard InChI is InChI=1S/C22H24N2O3S2/c1-14-11-19(15(2)24(14)17-7-8-17)20(25)12-27-21(26)18-6-4-3-5-16(18)13-29-22-23-9-10-28-22/h3-6,11,17H,7-10,12-13H2,1-2H3. The zero-order valence-electron chi connectivity index (χ0n) is 16.6. The van der Waals surface area contributed by atoms with Crippen LogP contribution in [0.25, 0.3) is 0 Å². The molecule has 5 nitrogen and oxygen atoms in total. The van der Waals surface area contributed by atoms with E-state index in [4.69, 9.17) is 4.74 Å². The molecule has 0 atom stereocenters. The lowest BCUT2D eigenvalue weighted by molar-refractivity contribution is 0.0473. The predicted molar refractivity (Wildman–Crippen MR) is 119 cm³/mol. The van der Waals surface area contributed by atoms with Crippen molar-refractivity contribution < 1.29 is 14.3 Å². The summed E-state index contributed by atoms with van der Waals surface area (Å²) in [5.74, 6) is 1.08. The van der Waals surface area contributed by atoms with Crippen LogP contribution in [0.3, 0.4) is 0 Å². The highest BCUT2D eigenvalue weighted by Gasteiger charge is 2.28. The molecule has 7 heteroatoms. The lowest BCUT2D eigenvalue weighted by atomic mass is 10.1. The molecule has 152 valence electrons. The van der Waals surface area contributed by atoms with Gasteiger partial charge in [-0.25, -0.2) is 4.79 Å². The van der Waals surface area contributed by atoms with Gasteiger partial charge in [-0.05, 0) is 44.4 Å². The predicted octanol–water partition coefficient (Wildman–Crippen LogP) is 4.82. The molecule has 0 amide bonds. The molecule has 0 spiro atoms. The fourth-order valence-electron chi connectivity index (χ4n) is 3.63. The van der Waals surface area contributed by atoms with E-state index in [0.717, 1.165) is 33.6 Å². The van der Waals surface area contributed by atoms with E-state index in [9.17, 15) is 9.59 Å². The van der Waals surface area contributed by atoms with E-state index in [2.05, 4.69) is 9.56 Å². The first-order chi connectivity index (χ1) is 14.0. The Morgan fingerprint density at radius 1 is 1.24 bits per heavy atom. The second kappa shape index (κ2) is 8.79. The van der Waals surface area contributed by atoms with Crippen molar-refractivity contribution in [3.63, 3.8) is 0 Å². The summed E-state index contributed by atoms with van der Waals surface area (Å²) < 4.78 is 8.69. The molecular weight excluding hydrogens is 404 g/mol. The van der Waals surface area contributed by atoms with E-state index in [-0.39, 0.29) is 12.4 Å². The van der Waals surface area contributed by atoms with Crippen molar-refractivity contribution in [1.29, 1.82) is 0 Å². The smallest absolute Gasteiger partial charge is 0.338 e. The first-order valence-corrected chi connectivity index (χ1v) is 11.8. The SMILES string of the molecule is Cc1cc(C(=O)COC(=O)c2ccccc2CSC2=NCCS2)c(C)n1C1CC1. The maximum atomic E-state index is 12.7. The summed E-state index contributed by atoms with van der Waals surface area (Å²) in [7, 11) is 0. The quantitative estimate of drug-likeness (QED) is 0.468. The van der Waals surface area contributed by atoms with Crippen LogP contribution in [0.1, 0.15) is 56.6 Å². The van der Waals surface area contributed by atoms with Gasteiger partial charge in [-0.15, -0.1) is 0 Å². The minimum Gasteiger partial charge on any atom is -0.454 e. The van der Waals surface area contributed by atoms with Crippen LogP contribution in [0, 0.1) is 13.8 Å². The van der Waals surface area contributed by atoms with E-state index in [1.807, 2.05) is 38.1 Å². The lowest BCUT2D eigenvalue weighted by Gasteiger charge is -2.10. The normalized spacial score (nSPS) is 16.0. The maximum Gasteiger partial charge on any atom is 0.338 e. The van der Waals surface area contributed by atoms with Crippen molar-refractivity contribution in [2.24, 2.45) is 4.99 Å². The van der Waals surface area contributed by atoms with Gasteiger partial charge in [0.25, 0.3) is 0 Å². The van der Waals surface area contributed by atoms with Gasteiger partial charge >= 0.3 is 5.97 Å². The Labute approximate surface area is 179 Å². The van der Waals surface area contributed by atoms with Crippen LogP contribution in [-0.4, -0.2) is 39.6 Å². The zero-order chi connectivity index (χ0) is 20.4. The van der Waals surface area contributed by atoms with Gasteiger partial charge in [0.15, 0.2) is 6.61 Å². The molecule has 0 bridgehead atoms. The van der Waals surface area contributed by atoms with Gasteiger partial charge in [0.2, 0.25) is 5.78 Å². The summed E-state index contributed by atoms with van der Waals surface area (Å²) in [6, 6.07) is 9.84. The fourth-order valence-corrected chi connectivity index (χ4v) is 5.64. The highest BCUT2D eigenvalue weighted by atomic mass is 32.2. The Balaban J connectivity index is 1.39. The van der Waals surface area contributed by atoms with Crippen molar-refractivity contribution in [1.82, 2.24) is 4.57 Å². The van der Waals surface area contributed by atoms with Crippen LogP contribution in [-0.2, 0) is 10.5 Å². The number of ketones is 1. The molecule has 0 N–H and O–H groups in total. The summed E-state index contributed by atoms with van der Waals surface area (Å²) in [4.78, 5) is 29.8. The zero-order valence-corrected chi connectivity index (χ0v) is 18.3. The van der Waals surface area contributed by atoms with Gasteiger partial charge in [0.05, 0.1) is 12.1 Å². The number of carbonyl (C=O) groups excluding carboxylic acids is 2. The molecule has 2 aromatic rings. The third-order valence-corrected chi connectivity index (χ3v) is 7.48. The number of thioether (sulfide) groups is 2. The number of hydrogen-bond donors (Lipinski definition) is 0. The number of esters is 1. The van der Waals surface area contributed by atoms with E-state index >= 15 is 0 Å². The van der Waals surface area contributed by atoms with E-state index in [1.165, 1.54) is 12.8 Å². The summed E-state index contributed by atoms with van der Waals surface area (Å²) in [5, 5.41) is 0. The van der Waals surface area contributed by atoms with Crippen LogP contribution in [0.2, 0.25) is 0 Å². The second-order valence-electron chi connectivity index (χ2n) is 7.33. The molecule has 1 aliphatic heterocycles. The molecule has 2 aliphatic rings. The third kappa shape index (κ3) is 4.61. The Morgan fingerprint density at radius 2 is 2.03 bits per heavy atom. The van der Waals surface area contributed by atoms with Crippen molar-refractivity contribution in [2.75, 3.05) is 18.9 Å². The summed E-state index contributed by atoms with van der Waals surface area (Å²) in [6.07, 6.45) is 2.33. The number of nitrogens with zero attached hydrogens (tertiary/aromatic N) is 2. The van der Waals surface area contributed by atoms with Gasteiger partial charge in [-0.2, -0.15) is 0 Å². The molecule has 2 heterocycles. The minimum absolute atomic E-state index is 0.151. The molecule has 0 radical (unpaired) electrons. The number of rotatable bonds is 7. The number of hydrogen-bond acceptors (Lipinski definition) is 6. The highest BCUT2D eigenvalue weighted by Crippen LogP contribution is 2.38. The van der Waals surface area contributed by atoms with Gasteiger partial charge in [-0.3, -0.25) is 9.79 Å². The molecule has 0 unspecified atom stereocenters. The molecule has 29 heavy (non-hydrogen) atoms. The minimum atomic E-state index is -0.452. The fraction of sp³-hybridized carbons (Fsp3) is 0.409. The summed E-state index contributed by atoms with van der Waals surface area (Å²) >= 11 is 3.39. The van der Waals surface area contributed by atoms with Crippen LogP contribution >= 0.6 is 23.5 Å². The Kier molecular flexibility index (Phi) is 6.15. The average Bonchev–Trinajstić information content (AvgIpc) is 3.31. The number of benzene rings is 1. The highest BCUT2D eigenvalue weighted by molar-refractivity contribution is 8.38. The first-order valence-electron chi connectivity index (χ1n) is 9.81. The molecule has 1 aliphatic carbocycles. The average molecular weight is 429 g/mol. The molecule has 1 aromatic heterocycles. The van der Waals surface area contributed by atoms with E-state index < -0.39 is 5.97 Å². The number of carbonyl (C=O) groups is 2.